The van der Waals surface area contributed by atoms with Crippen molar-refractivity contribution in [2.45, 2.75) is 88.6 Å². The molecule has 1 atom stereocenters. The van der Waals surface area contributed by atoms with E-state index >= 15 is 0 Å². The standard InChI is InChI=1S/C24H34N2O2/c27-23(22-12-7-17-26(22)24(28)20-10-5-2-6-11-20)25-21-15-13-19(14-16-21)18-8-3-1-4-9-18/h1,3-4,8-9,19-22H,2,5-7,10-17H2,(H,25,27). The summed E-state index contributed by atoms with van der Waals surface area (Å²) in [4.78, 5) is 27.8. The molecule has 4 rings (SSSR count). The number of carbonyl (C=O) groups is 2. The lowest BCUT2D eigenvalue weighted by Crippen LogP contribution is -2.50. The molecule has 3 fully saturated rings. The Morgan fingerprint density at radius 2 is 1.54 bits per heavy atom. The van der Waals surface area contributed by atoms with E-state index in [1.165, 1.54) is 12.0 Å². The van der Waals surface area contributed by atoms with Crippen LogP contribution >= 0.6 is 0 Å². The Bertz CT molecular complexity index is 660. The maximum atomic E-state index is 13.0. The Kier molecular flexibility index (Phi) is 6.33. The monoisotopic (exact) mass is 382 g/mol. The van der Waals surface area contributed by atoms with Crippen LogP contribution < -0.4 is 5.32 Å². The van der Waals surface area contributed by atoms with E-state index in [1.807, 2.05) is 4.90 Å². The van der Waals surface area contributed by atoms with Crippen molar-refractivity contribution in [3.05, 3.63) is 35.9 Å². The van der Waals surface area contributed by atoms with Crippen LogP contribution in [0.2, 0.25) is 0 Å². The van der Waals surface area contributed by atoms with Crippen molar-refractivity contribution in [2.75, 3.05) is 6.54 Å². The van der Waals surface area contributed by atoms with Crippen molar-refractivity contribution < 1.29 is 9.59 Å². The van der Waals surface area contributed by atoms with Crippen LogP contribution in [0.25, 0.3) is 0 Å². The smallest absolute Gasteiger partial charge is 0.243 e. The number of amides is 2. The van der Waals surface area contributed by atoms with Gasteiger partial charge >= 0.3 is 0 Å². The van der Waals surface area contributed by atoms with Crippen LogP contribution in [0.5, 0.6) is 0 Å². The summed E-state index contributed by atoms with van der Waals surface area (Å²) in [6.45, 7) is 0.758. The summed E-state index contributed by atoms with van der Waals surface area (Å²) in [6, 6.07) is 10.8. The maximum absolute atomic E-state index is 13.0. The Balaban J connectivity index is 1.29. The first-order chi connectivity index (χ1) is 13.7. The molecule has 1 unspecified atom stereocenters. The molecule has 4 nitrogen and oxygen atoms in total. The van der Waals surface area contributed by atoms with Gasteiger partial charge in [0.15, 0.2) is 0 Å². The molecule has 2 aliphatic carbocycles. The number of nitrogens with one attached hydrogen (secondary N) is 1. The second-order valence-corrected chi connectivity index (χ2v) is 8.99. The molecule has 2 amide bonds. The summed E-state index contributed by atoms with van der Waals surface area (Å²) in [5, 5.41) is 3.29. The molecule has 0 spiro atoms. The van der Waals surface area contributed by atoms with E-state index in [1.54, 1.807) is 0 Å². The zero-order valence-electron chi connectivity index (χ0n) is 16.9. The summed E-state index contributed by atoms with van der Waals surface area (Å²) in [7, 11) is 0. The molecule has 28 heavy (non-hydrogen) atoms. The number of carbonyl (C=O) groups excluding carboxylic acids is 2. The molecule has 0 radical (unpaired) electrons. The van der Waals surface area contributed by atoms with Crippen LogP contribution in [0.4, 0.5) is 0 Å². The first-order valence-electron chi connectivity index (χ1n) is 11.4. The number of benzene rings is 1. The zero-order chi connectivity index (χ0) is 19.3. The highest BCUT2D eigenvalue weighted by atomic mass is 16.2. The fourth-order valence-electron chi connectivity index (χ4n) is 5.48. The van der Waals surface area contributed by atoms with E-state index in [4.69, 9.17) is 0 Å². The van der Waals surface area contributed by atoms with Crippen molar-refractivity contribution >= 4 is 11.8 Å². The van der Waals surface area contributed by atoms with Crippen LogP contribution in [-0.2, 0) is 9.59 Å². The molecule has 4 heteroatoms. The van der Waals surface area contributed by atoms with Crippen molar-refractivity contribution in [1.82, 2.24) is 10.2 Å². The van der Waals surface area contributed by atoms with Gasteiger partial charge in [0.05, 0.1) is 0 Å². The molecular weight excluding hydrogens is 348 g/mol. The van der Waals surface area contributed by atoms with Crippen LogP contribution in [-0.4, -0.2) is 35.3 Å². The third-order valence-corrected chi connectivity index (χ3v) is 7.14. The Morgan fingerprint density at radius 1 is 0.821 bits per heavy atom. The highest BCUT2D eigenvalue weighted by Crippen LogP contribution is 2.33. The van der Waals surface area contributed by atoms with Gasteiger partial charge in [-0.2, -0.15) is 0 Å². The number of hydrogen-bond donors (Lipinski definition) is 1. The predicted octanol–water partition coefficient (Wildman–Crippen LogP) is 4.40. The molecule has 1 aromatic carbocycles. The Morgan fingerprint density at radius 3 is 2.25 bits per heavy atom. The minimum absolute atomic E-state index is 0.0878. The minimum Gasteiger partial charge on any atom is -0.352 e. The molecule has 1 N–H and O–H groups in total. The summed E-state index contributed by atoms with van der Waals surface area (Å²) in [5.41, 5.74) is 1.42. The van der Waals surface area contributed by atoms with E-state index in [0.717, 1.165) is 70.8 Å². The van der Waals surface area contributed by atoms with Gasteiger partial charge < -0.3 is 10.2 Å². The summed E-state index contributed by atoms with van der Waals surface area (Å²) in [5.74, 6) is 1.10. The van der Waals surface area contributed by atoms with E-state index in [-0.39, 0.29) is 29.8 Å². The molecular formula is C24H34N2O2. The van der Waals surface area contributed by atoms with Crippen LogP contribution in [0, 0.1) is 5.92 Å². The molecule has 1 aliphatic heterocycles. The first-order valence-corrected chi connectivity index (χ1v) is 11.4. The summed E-state index contributed by atoms with van der Waals surface area (Å²) in [6.07, 6.45) is 11.7. The predicted molar refractivity (Wildman–Crippen MR) is 111 cm³/mol. The summed E-state index contributed by atoms with van der Waals surface area (Å²) < 4.78 is 0. The molecule has 1 aromatic rings. The van der Waals surface area contributed by atoms with Gasteiger partial charge in [0.25, 0.3) is 0 Å². The Labute approximate surface area is 169 Å². The number of nitrogens with zero attached hydrogens (tertiary/aromatic N) is 1. The molecule has 0 aromatic heterocycles. The van der Waals surface area contributed by atoms with E-state index in [9.17, 15) is 9.59 Å². The second-order valence-electron chi connectivity index (χ2n) is 8.99. The average molecular weight is 383 g/mol. The second kappa shape index (κ2) is 9.11. The zero-order valence-corrected chi connectivity index (χ0v) is 16.9. The maximum Gasteiger partial charge on any atom is 0.243 e. The molecule has 1 saturated heterocycles. The highest BCUT2D eigenvalue weighted by molar-refractivity contribution is 5.89. The lowest BCUT2D eigenvalue weighted by atomic mass is 9.81. The molecule has 2 saturated carbocycles. The number of rotatable bonds is 4. The summed E-state index contributed by atoms with van der Waals surface area (Å²) >= 11 is 0. The lowest BCUT2D eigenvalue weighted by Gasteiger charge is -2.33. The molecule has 0 bridgehead atoms. The van der Waals surface area contributed by atoms with Crippen LogP contribution in [0.3, 0.4) is 0 Å². The normalized spacial score (nSPS) is 28.9. The first kappa shape index (κ1) is 19.5. The van der Waals surface area contributed by atoms with Gasteiger partial charge in [0, 0.05) is 18.5 Å². The molecule has 3 aliphatic rings. The SMILES string of the molecule is O=C(NC1CCC(c2ccccc2)CC1)C1CCCN1C(=O)C1CCCCC1. The van der Waals surface area contributed by atoms with Crippen molar-refractivity contribution in [3.63, 3.8) is 0 Å². The fourth-order valence-corrected chi connectivity index (χ4v) is 5.48. The van der Waals surface area contributed by atoms with Crippen LogP contribution in [0.1, 0.15) is 82.1 Å². The van der Waals surface area contributed by atoms with Crippen LogP contribution in [0.15, 0.2) is 30.3 Å². The van der Waals surface area contributed by atoms with Gasteiger partial charge in [-0.05, 0) is 62.8 Å². The van der Waals surface area contributed by atoms with Crippen molar-refractivity contribution in [1.29, 1.82) is 0 Å². The highest BCUT2D eigenvalue weighted by Gasteiger charge is 2.38. The number of hydrogen-bond acceptors (Lipinski definition) is 2. The number of likely N-dealkylation sites (tertiary alicyclic amines) is 1. The van der Waals surface area contributed by atoms with Gasteiger partial charge in [-0.15, -0.1) is 0 Å². The van der Waals surface area contributed by atoms with E-state index < -0.39 is 0 Å². The largest absolute Gasteiger partial charge is 0.352 e. The van der Waals surface area contributed by atoms with Crippen molar-refractivity contribution in [3.8, 4) is 0 Å². The molecule has 1 heterocycles. The van der Waals surface area contributed by atoms with Crippen molar-refractivity contribution in [2.24, 2.45) is 5.92 Å². The van der Waals surface area contributed by atoms with Gasteiger partial charge in [0.2, 0.25) is 11.8 Å². The van der Waals surface area contributed by atoms with Gasteiger partial charge in [-0.1, -0.05) is 49.6 Å². The van der Waals surface area contributed by atoms with E-state index in [0.29, 0.717) is 5.92 Å². The van der Waals surface area contributed by atoms with Gasteiger partial charge in [-0.25, -0.2) is 0 Å². The van der Waals surface area contributed by atoms with Gasteiger partial charge in [-0.3, -0.25) is 9.59 Å². The Hall–Kier alpha value is -1.84. The fraction of sp³-hybridized carbons (Fsp3) is 0.667. The average Bonchev–Trinajstić information content (AvgIpc) is 3.25. The topological polar surface area (TPSA) is 49.4 Å². The quantitative estimate of drug-likeness (QED) is 0.839. The lowest BCUT2D eigenvalue weighted by molar-refractivity contribution is -0.142. The third-order valence-electron chi connectivity index (χ3n) is 7.14. The third kappa shape index (κ3) is 4.42. The molecule has 152 valence electrons. The van der Waals surface area contributed by atoms with Gasteiger partial charge in [0.1, 0.15) is 6.04 Å². The van der Waals surface area contributed by atoms with E-state index in [2.05, 4.69) is 35.6 Å². The minimum atomic E-state index is -0.235.